The summed E-state index contributed by atoms with van der Waals surface area (Å²) in [6.45, 7) is 3.25. The topological polar surface area (TPSA) is 55.8 Å². The van der Waals surface area contributed by atoms with Gasteiger partial charge in [-0.25, -0.2) is 0 Å². The average molecular weight is 271 g/mol. The second-order valence-electron chi connectivity index (χ2n) is 4.24. The minimum atomic E-state index is -3.39. The van der Waals surface area contributed by atoms with Gasteiger partial charge in [0, 0.05) is 18.8 Å². The van der Waals surface area contributed by atoms with Crippen LogP contribution in [-0.4, -0.2) is 41.0 Å². The van der Waals surface area contributed by atoms with E-state index in [0.29, 0.717) is 0 Å². The third-order valence-corrected chi connectivity index (χ3v) is 3.27. The van der Waals surface area contributed by atoms with Crippen LogP contribution in [0, 0.1) is 0 Å². The standard InChI is InChI=1S/C12H17NO4S/c1-18(14,15)17-10-11-3-2-4-12(9-11)13-5-7-16-8-6-13/h2-4,9H,5-8,10H2,1H3. The molecule has 1 aliphatic heterocycles. The zero-order valence-corrected chi connectivity index (χ0v) is 11.1. The summed E-state index contributed by atoms with van der Waals surface area (Å²) < 4.78 is 32.0. The fourth-order valence-corrected chi connectivity index (χ4v) is 2.19. The minimum absolute atomic E-state index is 0.0804. The van der Waals surface area contributed by atoms with Gasteiger partial charge in [-0.15, -0.1) is 0 Å². The molecule has 0 saturated carbocycles. The summed E-state index contributed by atoms with van der Waals surface area (Å²) in [7, 11) is -3.39. The Hall–Kier alpha value is -1.11. The average Bonchev–Trinajstić information content (AvgIpc) is 2.37. The Kier molecular flexibility index (Phi) is 4.21. The molecule has 0 aromatic heterocycles. The lowest BCUT2D eigenvalue weighted by Crippen LogP contribution is -2.36. The van der Waals surface area contributed by atoms with Crippen LogP contribution in [-0.2, 0) is 25.6 Å². The third-order valence-electron chi connectivity index (χ3n) is 2.73. The first-order valence-corrected chi connectivity index (χ1v) is 7.62. The largest absolute Gasteiger partial charge is 0.378 e. The SMILES string of the molecule is CS(=O)(=O)OCc1cccc(N2CCOCC2)c1. The lowest BCUT2D eigenvalue weighted by atomic mass is 10.2. The highest BCUT2D eigenvalue weighted by Crippen LogP contribution is 2.18. The van der Waals surface area contributed by atoms with Gasteiger partial charge in [0.25, 0.3) is 10.1 Å². The minimum Gasteiger partial charge on any atom is -0.378 e. The molecular weight excluding hydrogens is 254 g/mol. The summed E-state index contributed by atoms with van der Waals surface area (Å²) in [6, 6.07) is 7.73. The van der Waals surface area contributed by atoms with Crippen LogP contribution >= 0.6 is 0 Å². The van der Waals surface area contributed by atoms with Crippen molar-refractivity contribution in [2.24, 2.45) is 0 Å². The Morgan fingerprint density at radius 2 is 2.06 bits per heavy atom. The highest BCUT2D eigenvalue weighted by Gasteiger charge is 2.11. The molecule has 0 radical (unpaired) electrons. The van der Waals surface area contributed by atoms with Crippen molar-refractivity contribution in [3.05, 3.63) is 29.8 Å². The van der Waals surface area contributed by atoms with Crippen molar-refractivity contribution < 1.29 is 17.3 Å². The number of morpholine rings is 1. The second kappa shape index (κ2) is 5.69. The van der Waals surface area contributed by atoms with Gasteiger partial charge in [-0.2, -0.15) is 8.42 Å². The molecule has 1 saturated heterocycles. The number of ether oxygens (including phenoxy) is 1. The van der Waals surface area contributed by atoms with E-state index in [-0.39, 0.29) is 6.61 Å². The Labute approximate surface area is 107 Å². The molecule has 1 aromatic carbocycles. The van der Waals surface area contributed by atoms with Gasteiger partial charge in [0.1, 0.15) is 0 Å². The van der Waals surface area contributed by atoms with Gasteiger partial charge in [-0.05, 0) is 17.7 Å². The number of rotatable bonds is 4. The molecule has 0 spiro atoms. The fourth-order valence-electron chi connectivity index (χ4n) is 1.84. The van der Waals surface area contributed by atoms with E-state index in [1.807, 2.05) is 24.3 Å². The summed E-state index contributed by atoms with van der Waals surface area (Å²) in [4.78, 5) is 2.22. The van der Waals surface area contributed by atoms with Crippen LogP contribution in [0.15, 0.2) is 24.3 Å². The van der Waals surface area contributed by atoms with E-state index in [1.54, 1.807) is 0 Å². The molecule has 5 nitrogen and oxygen atoms in total. The molecule has 1 aromatic rings. The number of hydrogen-bond donors (Lipinski definition) is 0. The first kappa shape index (κ1) is 13.3. The van der Waals surface area contributed by atoms with Crippen LogP contribution in [0.3, 0.4) is 0 Å². The molecular formula is C12H17NO4S. The normalized spacial score (nSPS) is 16.8. The van der Waals surface area contributed by atoms with E-state index in [1.165, 1.54) is 0 Å². The summed E-state index contributed by atoms with van der Waals surface area (Å²) in [5.74, 6) is 0. The molecule has 0 N–H and O–H groups in total. The number of benzene rings is 1. The van der Waals surface area contributed by atoms with Gasteiger partial charge in [-0.1, -0.05) is 12.1 Å². The Balaban J connectivity index is 2.04. The summed E-state index contributed by atoms with van der Waals surface area (Å²) in [5.41, 5.74) is 1.93. The van der Waals surface area contributed by atoms with Gasteiger partial charge in [0.05, 0.1) is 26.1 Å². The first-order valence-electron chi connectivity index (χ1n) is 5.81. The summed E-state index contributed by atoms with van der Waals surface area (Å²) in [6.07, 6.45) is 1.05. The second-order valence-corrected chi connectivity index (χ2v) is 5.88. The molecule has 0 unspecified atom stereocenters. The van der Waals surface area contributed by atoms with Crippen LogP contribution in [0.4, 0.5) is 5.69 Å². The van der Waals surface area contributed by atoms with E-state index in [0.717, 1.165) is 43.8 Å². The van der Waals surface area contributed by atoms with Crippen molar-refractivity contribution >= 4 is 15.8 Å². The summed E-state index contributed by atoms with van der Waals surface area (Å²) in [5, 5.41) is 0. The molecule has 1 aliphatic rings. The van der Waals surface area contributed by atoms with Crippen molar-refractivity contribution in [3.8, 4) is 0 Å². The lowest BCUT2D eigenvalue weighted by Gasteiger charge is -2.29. The first-order chi connectivity index (χ1) is 8.54. The predicted molar refractivity (Wildman–Crippen MR) is 69.1 cm³/mol. The Bertz CT molecular complexity index is 495. The van der Waals surface area contributed by atoms with Crippen molar-refractivity contribution in [2.45, 2.75) is 6.61 Å². The molecule has 6 heteroatoms. The third kappa shape index (κ3) is 3.97. The monoisotopic (exact) mass is 271 g/mol. The van der Waals surface area contributed by atoms with Crippen LogP contribution < -0.4 is 4.90 Å². The lowest BCUT2D eigenvalue weighted by molar-refractivity contribution is 0.122. The van der Waals surface area contributed by atoms with E-state index >= 15 is 0 Å². The van der Waals surface area contributed by atoms with Crippen LogP contribution in [0.2, 0.25) is 0 Å². The van der Waals surface area contributed by atoms with E-state index < -0.39 is 10.1 Å². The Morgan fingerprint density at radius 1 is 1.33 bits per heavy atom. The summed E-state index contributed by atoms with van der Waals surface area (Å²) >= 11 is 0. The van der Waals surface area contributed by atoms with Gasteiger partial charge < -0.3 is 9.64 Å². The van der Waals surface area contributed by atoms with E-state index in [2.05, 4.69) is 4.90 Å². The smallest absolute Gasteiger partial charge is 0.264 e. The van der Waals surface area contributed by atoms with E-state index in [4.69, 9.17) is 8.92 Å². The molecule has 1 heterocycles. The number of nitrogens with zero attached hydrogens (tertiary/aromatic N) is 1. The number of anilines is 1. The van der Waals surface area contributed by atoms with Crippen molar-refractivity contribution in [1.82, 2.24) is 0 Å². The predicted octanol–water partition coefficient (Wildman–Crippen LogP) is 0.999. The Morgan fingerprint density at radius 3 is 2.72 bits per heavy atom. The molecule has 1 fully saturated rings. The maximum atomic E-state index is 10.9. The van der Waals surface area contributed by atoms with Gasteiger partial charge in [0.2, 0.25) is 0 Å². The van der Waals surface area contributed by atoms with Crippen molar-refractivity contribution in [2.75, 3.05) is 37.5 Å². The molecule has 0 amide bonds. The molecule has 0 bridgehead atoms. The van der Waals surface area contributed by atoms with E-state index in [9.17, 15) is 8.42 Å². The zero-order chi connectivity index (χ0) is 13.0. The van der Waals surface area contributed by atoms with Crippen LogP contribution in [0.25, 0.3) is 0 Å². The molecule has 100 valence electrons. The highest BCUT2D eigenvalue weighted by molar-refractivity contribution is 7.85. The molecule has 2 rings (SSSR count). The van der Waals surface area contributed by atoms with Gasteiger partial charge >= 0.3 is 0 Å². The molecule has 18 heavy (non-hydrogen) atoms. The quantitative estimate of drug-likeness (QED) is 0.765. The van der Waals surface area contributed by atoms with Gasteiger partial charge in [0.15, 0.2) is 0 Å². The van der Waals surface area contributed by atoms with Crippen molar-refractivity contribution in [1.29, 1.82) is 0 Å². The van der Waals surface area contributed by atoms with Crippen LogP contribution in [0.1, 0.15) is 5.56 Å². The maximum Gasteiger partial charge on any atom is 0.264 e. The zero-order valence-electron chi connectivity index (χ0n) is 10.3. The molecule has 0 atom stereocenters. The fraction of sp³-hybridized carbons (Fsp3) is 0.500. The maximum absolute atomic E-state index is 10.9. The van der Waals surface area contributed by atoms with Crippen LogP contribution in [0.5, 0.6) is 0 Å². The molecule has 0 aliphatic carbocycles. The highest BCUT2D eigenvalue weighted by atomic mass is 32.2. The number of hydrogen-bond acceptors (Lipinski definition) is 5. The van der Waals surface area contributed by atoms with Crippen molar-refractivity contribution in [3.63, 3.8) is 0 Å². The van der Waals surface area contributed by atoms with Gasteiger partial charge in [-0.3, -0.25) is 4.18 Å².